The van der Waals surface area contributed by atoms with Crippen LogP contribution in [-0.4, -0.2) is 4.57 Å². The Morgan fingerprint density at radius 1 is 0.391 bits per heavy atom. The summed E-state index contributed by atoms with van der Waals surface area (Å²) in [6, 6.07) is 59.1. The molecule has 0 bridgehead atoms. The van der Waals surface area contributed by atoms with Crippen LogP contribution in [0.1, 0.15) is 0 Å². The molecule has 0 saturated carbocycles. The first-order chi connectivity index (χ1) is 22.8. The van der Waals surface area contributed by atoms with E-state index in [4.69, 9.17) is 4.42 Å². The molecule has 2 aromatic heterocycles. The molecule has 0 unspecified atom stereocenters. The number of nitrogens with zero attached hydrogens (tertiary/aromatic N) is 1. The van der Waals surface area contributed by atoms with E-state index in [1.54, 1.807) is 0 Å². The summed E-state index contributed by atoms with van der Waals surface area (Å²) in [5, 5.41) is 11.2. The predicted octanol–water partition coefficient (Wildman–Crippen LogP) is 12.3. The van der Waals surface area contributed by atoms with Crippen molar-refractivity contribution in [2.24, 2.45) is 0 Å². The number of fused-ring (bicyclic) bond motifs is 10. The third kappa shape index (κ3) is 3.65. The maximum Gasteiger partial charge on any atom is 0.143 e. The number of rotatable bonds is 3. The second-order valence-corrected chi connectivity index (χ2v) is 12.1. The van der Waals surface area contributed by atoms with E-state index in [0.717, 1.165) is 38.8 Å². The molecule has 2 heterocycles. The maximum atomic E-state index is 6.42. The van der Waals surface area contributed by atoms with Crippen LogP contribution in [0.3, 0.4) is 0 Å². The molecular weight excluding hydrogens is 558 g/mol. The number of furan rings is 1. The SMILES string of the molecule is c1ccc(-n2c(-c3ccc4c5ccccc5c5ccccc5c4c3)cc3cc(-c4cccc5c4oc4ccccc45)ccc32)cc1. The molecule has 46 heavy (non-hydrogen) atoms. The van der Waals surface area contributed by atoms with Crippen molar-refractivity contribution in [3.05, 3.63) is 164 Å². The summed E-state index contributed by atoms with van der Waals surface area (Å²) in [6.07, 6.45) is 0. The lowest BCUT2D eigenvalue weighted by Gasteiger charge is -2.14. The quantitative estimate of drug-likeness (QED) is 0.189. The van der Waals surface area contributed by atoms with Gasteiger partial charge in [0.25, 0.3) is 0 Å². The molecule has 0 amide bonds. The van der Waals surface area contributed by atoms with Crippen molar-refractivity contribution in [3.63, 3.8) is 0 Å². The molecule has 0 aliphatic rings. The van der Waals surface area contributed by atoms with Gasteiger partial charge in [0.05, 0.1) is 11.2 Å². The second kappa shape index (κ2) is 9.69. The van der Waals surface area contributed by atoms with Crippen LogP contribution < -0.4 is 0 Å². The van der Waals surface area contributed by atoms with Gasteiger partial charge in [0.1, 0.15) is 11.2 Å². The van der Waals surface area contributed by atoms with Gasteiger partial charge in [-0.25, -0.2) is 0 Å². The fourth-order valence-electron chi connectivity index (χ4n) is 7.49. The Morgan fingerprint density at radius 3 is 1.76 bits per heavy atom. The Balaban J connectivity index is 1.23. The van der Waals surface area contributed by atoms with E-state index in [1.165, 1.54) is 54.5 Å². The summed E-state index contributed by atoms with van der Waals surface area (Å²) in [5.74, 6) is 0. The van der Waals surface area contributed by atoms with Crippen molar-refractivity contribution in [1.29, 1.82) is 0 Å². The minimum atomic E-state index is 0.917. The summed E-state index contributed by atoms with van der Waals surface area (Å²) < 4.78 is 8.81. The molecule has 8 aromatic carbocycles. The zero-order chi connectivity index (χ0) is 30.2. The van der Waals surface area contributed by atoms with E-state index in [-0.39, 0.29) is 0 Å². The number of hydrogen-bond donors (Lipinski definition) is 0. The van der Waals surface area contributed by atoms with Gasteiger partial charge in [-0.1, -0.05) is 121 Å². The zero-order valence-electron chi connectivity index (χ0n) is 24.9. The fraction of sp³-hybridized carbons (Fsp3) is 0. The summed E-state index contributed by atoms with van der Waals surface area (Å²) in [5.41, 5.74) is 8.76. The molecule has 0 N–H and O–H groups in total. The van der Waals surface area contributed by atoms with E-state index in [9.17, 15) is 0 Å². The number of hydrogen-bond acceptors (Lipinski definition) is 1. The average Bonchev–Trinajstić information content (AvgIpc) is 3.70. The first kappa shape index (κ1) is 25.2. The summed E-state index contributed by atoms with van der Waals surface area (Å²) in [4.78, 5) is 0. The lowest BCUT2D eigenvalue weighted by Crippen LogP contribution is -1.96. The van der Waals surface area contributed by atoms with Crippen LogP contribution in [0.4, 0.5) is 0 Å². The Kier molecular flexibility index (Phi) is 5.31. The topological polar surface area (TPSA) is 18.1 Å². The molecule has 0 aliphatic carbocycles. The maximum absolute atomic E-state index is 6.42. The van der Waals surface area contributed by atoms with Crippen LogP contribution in [0, 0.1) is 0 Å². The van der Waals surface area contributed by atoms with Gasteiger partial charge in [-0.05, 0) is 85.9 Å². The Morgan fingerprint density at radius 2 is 1.00 bits per heavy atom. The van der Waals surface area contributed by atoms with Crippen LogP contribution in [0.2, 0.25) is 0 Å². The second-order valence-electron chi connectivity index (χ2n) is 12.1. The molecule has 0 atom stereocenters. The van der Waals surface area contributed by atoms with Crippen molar-refractivity contribution in [1.82, 2.24) is 4.57 Å². The first-order valence-electron chi connectivity index (χ1n) is 15.8. The van der Waals surface area contributed by atoms with E-state index in [1.807, 2.05) is 12.1 Å². The molecule has 2 nitrogen and oxygen atoms in total. The highest BCUT2D eigenvalue weighted by molar-refractivity contribution is 6.25. The minimum absolute atomic E-state index is 0.917. The van der Waals surface area contributed by atoms with Crippen LogP contribution in [-0.2, 0) is 0 Å². The standard InChI is InChI=1S/C44H27NO/c1-2-11-31(12-3-1)45-41-24-22-28(32-18-10-19-39-38-17-8-9-20-43(38)46-44(32)39)25-30(41)27-42(45)29-21-23-37-35-15-5-4-13-33(35)34-14-6-7-16-36(34)40(37)26-29/h1-27H. The molecule has 214 valence electrons. The van der Waals surface area contributed by atoms with Crippen molar-refractivity contribution in [2.75, 3.05) is 0 Å². The van der Waals surface area contributed by atoms with Gasteiger partial charge in [0, 0.05) is 27.4 Å². The van der Waals surface area contributed by atoms with Gasteiger partial charge in [-0.2, -0.15) is 0 Å². The molecule has 2 heteroatoms. The molecule has 0 saturated heterocycles. The van der Waals surface area contributed by atoms with E-state index in [0.29, 0.717) is 0 Å². The fourth-order valence-corrected chi connectivity index (χ4v) is 7.49. The molecular formula is C44H27NO. The van der Waals surface area contributed by atoms with Crippen LogP contribution in [0.5, 0.6) is 0 Å². The third-order valence-corrected chi connectivity index (χ3v) is 9.57. The molecule has 0 aliphatic heterocycles. The van der Waals surface area contributed by atoms with E-state index >= 15 is 0 Å². The molecule has 10 rings (SSSR count). The van der Waals surface area contributed by atoms with Crippen molar-refractivity contribution in [3.8, 4) is 28.1 Å². The van der Waals surface area contributed by atoms with Crippen molar-refractivity contribution < 1.29 is 4.42 Å². The number of benzene rings is 8. The summed E-state index contributed by atoms with van der Waals surface area (Å²) in [6.45, 7) is 0. The van der Waals surface area contributed by atoms with Gasteiger partial charge in [-0.15, -0.1) is 0 Å². The lowest BCUT2D eigenvalue weighted by molar-refractivity contribution is 0.670. The largest absolute Gasteiger partial charge is 0.455 e. The van der Waals surface area contributed by atoms with E-state index in [2.05, 4.69) is 156 Å². The minimum Gasteiger partial charge on any atom is -0.455 e. The lowest BCUT2D eigenvalue weighted by atomic mass is 9.93. The average molecular weight is 586 g/mol. The predicted molar refractivity (Wildman–Crippen MR) is 194 cm³/mol. The Hall–Kier alpha value is -6.12. The molecule has 0 spiro atoms. The van der Waals surface area contributed by atoms with E-state index < -0.39 is 0 Å². The van der Waals surface area contributed by atoms with Crippen LogP contribution >= 0.6 is 0 Å². The van der Waals surface area contributed by atoms with Crippen LogP contribution in [0.15, 0.2) is 168 Å². The normalized spacial score (nSPS) is 11.9. The monoisotopic (exact) mass is 585 g/mol. The zero-order valence-corrected chi connectivity index (χ0v) is 24.9. The Labute approximate surface area is 265 Å². The highest BCUT2D eigenvalue weighted by Gasteiger charge is 2.17. The highest BCUT2D eigenvalue weighted by Crippen LogP contribution is 2.41. The van der Waals surface area contributed by atoms with Gasteiger partial charge >= 0.3 is 0 Å². The van der Waals surface area contributed by atoms with Gasteiger partial charge in [0.2, 0.25) is 0 Å². The Bertz CT molecular complexity index is 2760. The molecule has 10 aromatic rings. The van der Waals surface area contributed by atoms with Gasteiger partial charge < -0.3 is 8.98 Å². The number of aromatic nitrogens is 1. The van der Waals surface area contributed by atoms with Crippen molar-refractivity contribution in [2.45, 2.75) is 0 Å². The molecule has 0 fully saturated rings. The highest BCUT2D eigenvalue weighted by atomic mass is 16.3. The summed E-state index contributed by atoms with van der Waals surface area (Å²) in [7, 11) is 0. The van der Waals surface area contributed by atoms with Crippen molar-refractivity contribution >= 4 is 65.2 Å². The molecule has 0 radical (unpaired) electrons. The van der Waals surface area contributed by atoms with Crippen LogP contribution in [0.25, 0.3) is 93.2 Å². The van der Waals surface area contributed by atoms with Gasteiger partial charge in [-0.3, -0.25) is 0 Å². The summed E-state index contributed by atoms with van der Waals surface area (Å²) >= 11 is 0. The van der Waals surface area contributed by atoms with Gasteiger partial charge in [0.15, 0.2) is 0 Å². The smallest absolute Gasteiger partial charge is 0.143 e. The third-order valence-electron chi connectivity index (χ3n) is 9.57. The number of para-hydroxylation sites is 3. The first-order valence-corrected chi connectivity index (χ1v) is 15.8.